The van der Waals surface area contributed by atoms with Crippen LogP contribution in [0.25, 0.3) is 0 Å². The van der Waals surface area contributed by atoms with Gasteiger partial charge in [0, 0.05) is 13.1 Å². The summed E-state index contributed by atoms with van der Waals surface area (Å²) in [5, 5.41) is 3.22. The van der Waals surface area contributed by atoms with E-state index < -0.39 is 10.4 Å². The standard InChI is InChI=1S/C35H53N3O6.H2O4S/c1-7-9-10-11-12-13-18-37(34(39)24-36-17-8-2)25-35(40)38-19-16-27-22-32(43-5)33(44-6)23-28(27)29(38)20-26-14-15-30(41-3)31(21-26)42-4;1-5(2,3)4/h14-15,21-23,29,36H,7-13,16-20,24-25H2,1-6H3;(H2,1,2,3,4). The van der Waals surface area contributed by atoms with Gasteiger partial charge in [-0.25, -0.2) is 0 Å². The average molecular weight is 710 g/mol. The molecular weight excluding hydrogens is 654 g/mol. The summed E-state index contributed by atoms with van der Waals surface area (Å²) in [5.74, 6) is 2.51. The van der Waals surface area contributed by atoms with E-state index in [4.69, 9.17) is 36.5 Å². The van der Waals surface area contributed by atoms with Gasteiger partial charge in [-0.3, -0.25) is 18.7 Å². The second-order valence-corrected chi connectivity index (χ2v) is 12.8. The van der Waals surface area contributed by atoms with Gasteiger partial charge in [-0.1, -0.05) is 52.0 Å². The molecule has 0 spiro atoms. The number of carbonyl (C=O) groups excluding carboxylic acids is 2. The van der Waals surface area contributed by atoms with E-state index in [1.807, 2.05) is 35.2 Å². The molecule has 0 bridgehead atoms. The predicted molar refractivity (Wildman–Crippen MR) is 188 cm³/mol. The third-order valence-electron chi connectivity index (χ3n) is 8.36. The van der Waals surface area contributed by atoms with Crippen LogP contribution in [0.3, 0.4) is 0 Å². The first-order valence-corrected chi connectivity index (χ1v) is 18.2. The number of fused-ring (bicyclic) bond motifs is 1. The number of carbonyl (C=O) groups is 2. The van der Waals surface area contributed by atoms with Crippen molar-refractivity contribution < 1.29 is 46.1 Å². The van der Waals surface area contributed by atoms with Gasteiger partial charge in [-0.2, -0.15) is 8.42 Å². The van der Waals surface area contributed by atoms with Crippen molar-refractivity contribution in [2.45, 2.75) is 77.7 Å². The summed E-state index contributed by atoms with van der Waals surface area (Å²) in [6, 6.07) is 9.62. The van der Waals surface area contributed by atoms with E-state index in [2.05, 4.69) is 19.2 Å². The Morgan fingerprint density at radius 1 is 0.857 bits per heavy atom. The second-order valence-electron chi connectivity index (χ2n) is 11.9. The molecule has 0 saturated carbocycles. The molecule has 0 saturated heterocycles. The Hall–Kier alpha value is -3.59. The summed E-state index contributed by atoms with van der Waals surface area (Å²) in [7, 11) is 1.83. The fourth-order valence-corrected chi connectivity index (χ4v) is 5.89. The Bertz CT molecular complexity index is 1430. The number of nitrogens with one attached hydrogen (secondary N) is 1. The van der Waals surface area contributed by atoms with Crippen LogP contribution in [0.5, 0.6) is 23.0 Å². The number of nitrogens with zero attached hydrogens (tertiary/aromatic N) is 2. The van der Waals surface area contributed by atoms with Crippen LogP contribution in [-0.4, -0.2) is 100 Å². The van der Waals surface area contributed by atoms with Crippen LogP contribution in [0, 0.1) is 0 Å². The zero-order valence-corrected chi connectivity index (χ0v) is 30.6. The molecule has 1 atom stereocenters. The summed E-state index contributed by atoms with van der Waals surface area (Å²) in [4.78, 5) is 31.1. The molecular formula is C35H55N3O10S. The number of amides is 2. The fraction of sp³-hybridized carbons (Fsp3) is 0.600. The molecule has 1 aliphatic heterocycles. The maximum absolute atomic E-state index is 14.1. The normalized spacial score (nSPS) is 13.9. The quantitative estimate of drug-likeness (QED) is 0.134. The van der Waals surface area contributed by atoms with Crippen molar-refractivity contribution in [3.05, 3.63) is 47.0 Å². The summed E-state index contributed by atoms with van der Waals surface area (Å²) >= 11 is 0. The summed E-state index contributed by atoms with van der Waals surface area (Å²) in [6.07, 6.45) is 8.95. The van der Waals surface area contributed by atoms with Crippen LogP contribution in [-0.2, 0) is 32.8 Å². The molecule has 3 rings (SSSR count). The fourth-order valence-electron chi connectivity index (χ4n) is 5.89. The molecule has 13 nitrogen and oxygen atoms in total. The highest BCUT2D eigenvalue weighted by atomic mass is 32.3. The minimum absolute atomic E-state index is 0.0272. The molecule has 1 aliphatic rings. The molecule has 0 aromatic heterocycles. The van der Waals surface area contributed by atoms with Gasteiger partial charge in [0.2, 0.25) is 11.8 Å². The van der Waals surface area contributed by atoms with Crippen LogP contribution < -0.4 is 24.3 Å². The van der Waals surface area contributed by atoms with Gasteiger partial charge in [0.1, 0.15) is 0 Å². The SMILES string of the molecule is CCCCCCCCN(CC(=O)N1CCc2cc(OC)c(OC)cc2C1Cc1ccc(OC)c(OC)c1)C(=O)CNCCC.O=S(=O)(O)O. The zero-order valence-electron chi connectivity index (χ0n) is 29.8. The second kappa shape index (κ2) is 21.5. The highest BCUT2D eigenvalue weighted by Gasteiger charge is 2.33. The lowest BCUT2D eigenvalue weighted by molar-refractivity contribution is -0.142. The van der Waals surface area contributed by atoms with Gasteiger partial charge in [0.25, 0.3) is 0 Å². The van der Waals surface area contributed by atoms with Crippen LogP contribution in [0.2, 0.25) is 0 Å². The van der Waals surface area contributed by atoms with Crippen molar-refractivity contribution in [2.24, 2.45) is 0 Å². The van der Waals surface area contributed by atoms with E-state index in [0.29, 0.717) is 48.9 Å². The van der Waals surface area contributed by atoms with Crippen LogP contribution in [0.15, 0.2) is 30.3 Å². The van der Waals surface area contributed by atoms with E-state index in [1.54, 1.807) is 33.3 Å². The maximum atomic E-state index is 14.1. The Morgan fingerprint density at radius 3 is 2.06 bits per heavy atom. The molecule has 0 radical (unpaired) electrons. The molecule has 1 unspecified atom stereocenters. The van der Waals surface area contributed by atoms with E-state index >= 15 is 0 Å². The molecule has 14 heteroatoms. The van der Waals surface area contributed by atoms with Gasteiger partial charge in [-0.15, -0.1) is 0 Å². The van der Waals surface area contributed by atoms with E-state index in [9.17, 15) is 9.59 Å². The molecule has 276 valence electrons. The number of unbranched alkanes of at least 4 members (excludes halogenated alkanes) is 5. The molecule has 3 N–H and O–H groups in total. The molecule has 2 amide bonds. The largest absolute Gasteiger partial charge is 0.493 e. The molecule has 49 heavy (non-hydrogen) atoms. The smallest absolute Gasteiger partial charge is 0.394 e. The Morgan fingerprint density at radius 2 is 1.45 bits per heavy atom. The predicted octanol–water partition coefficient (Wildman–Crippen LogP) is 4.93. The van der Waals surface area contributed by atoms with Crippen molar-refractivity contribution in [1.82, 2.24) is 15.1 Å². The first kappa shape index (κ1) is 41.6. The van der Waals surface area contributed by atoms with Crippen molar-refractivity contribution in [3.8, 4) is 23.0 Å². The Labute approximate surface area is 291 Å². The monoisotopic (exact) mass is 709 g/mol. The highest BCUT2D eigenvalue weighted by Crippen LogP contribution is 2.40. The first-order chi connectivity index (χ1) is 23.4. The zero-order chi connectivity index (χ0) is 36.4. The van der Waals surface area contributed by atoms with Gasteiger partial charge in [0.05, 0.1) is 47.6 Å². The third-order valence-corrected chi connectivity index (χ3v) is 8.36. The van der Waals surface area contributed by atoms with E-state index in [0.717, 1.165) is 48.9 Å². The number of benzene rings is 2. The lowest BCUT2D eigenvalue weighted by atomic mass is 9.88. The number of ether oxygens (including phenoxy) is 4. The van der Waals surface area contributed by atoms with E-state index in [1.165, 1.54) is 19.3 Å². The molecule has 0 fully saturated rings. The number of hydrogen-bond acceptors (Lipinski definition) is 9. The lowest BCUT2D eigenvalue weighted by Crippen LogP contribution is -2.49. The molecule has 2 aromatic rings. The van der Waals surface area contributed by atoms with Gasteiger partial charge >= 0.3 is 10.4 Å². The van der Waals surface area contributed by atoms with Crippen molar-refractivity contribution in [1.29, 1.82) is 0 Å². The average Bonchev–Trinajstić information content (AvgIpc) is 3.07. The van der Waals surface area contributed by atoms with Crippen molar-refractivity contribution >= 4 is 22.2 Å². The van der Waals surface area contributed by atoms with Gasteiger partial charge in [0.15, 0.2) is 23.0 Å². The summed E-state index contributed by atoms with van der Waals surface area (Å²) in [5.41, 5.74) is 3.16. The van der Waals surface area contributed by atoms with Gasteiger partial charge in [-0.05, 0) is 73.2 Å². The number of rotatable bonds is 19. The highest BCUT2D eigenvalue weighted by molar-refractivity contribution is 7.79. The van der Waals surface area contributed by atoms with Crippen LogP contribution in [0.4, 0.5) is 0 Å². The number of methoxy groups -OCH3 is 4. The summed E-state index contributed by atoms with van der Waals surface area (Å²) < 4.78 is 53.9. The topological polar surface area (TPSA) is 164 Å². The van der Waals surface area contributed by atoms with Crippen molar-refractivity contribution in [3.63, 3.8) is 0 Å². The molecule has 2 aromatic carbocycles. The molecule has 1 heterocycles. The van der Waals surface area contributed by atoms with Crippen molar-refractivity contribution in [2.75, 3.05) is 61.2 Å². The van der Waals surface area contributed by atoms with E-state index in [-0.39, 0.29) is 30.9 Å². The Balaban J connectivity index is 0.00000155. The minimum atomic E-state index is -4.67. The third kappa shape index (κ3) is 14.0. The first-order valence-electron chi connectivity index (χ1n) is 16.8. The molecule has 0 aliphatic carbocycles. The van der Waals surface area contributed by atoms with Crippen LogP contribution in [0.1, 0.15) is 81.5 Å². The van der Waals surface area contributed by atoms with Crippen LogP contribution >= 0.6 is 0 Å². The Kier molecular flexibility index (Phi) is 18.2. The lowest BCUT2D eigenvalue weighted by Gasteiger charge is -2.39. The maximum Gasteiger partial charge on any atom is 0.394 e. The number of hydrogen-bond donors (Lipinski definition) is 3. The van der Waals surface area contributed by atoms with Gasteiger partial charge < -0.3 is 34.1 Å². The minimum Gasteiger partial charge on any atom is -0.493 e. The summed E-state index contributed by atoms with van der Waals surface area (Å²) in [6.45, 7) is 6.49.